The Labute approximate surface area is 42.3 Å². The predicted octanol–water partition coefficient (Wildman–Crippen LogP) is -0.887. The molecule has 1 atom stereocenters. The second-order valence-electron chi connectivity index (χ2n) is 1.38. The quantitative estimate of drug-likeness (QED) is 0.455. The highest BCUT2D eigenvalue weighted by Crippen LogP contribution is 1.69. The Kier molecular flexibility index (Phi) is 3.32. The summed E-state index contributed by atoms with van der Waals surface area (Å²) >= 11 is 0. The van der Waals surface area contributed by atoms with Crippen molar-refractivity contribution in [3.05, 3.63) is 0 Å². The third kappa shape index (κ3) is 5.43. The summed E-state index contributed by atoms with van der Waals surface area (Å²) in [6.45, 7) is 1.94. The van der Waals surface area contributed by atoms with E-state index in [9.17, 15) is 4.79 Å². The Bertz CT molecular complexity index is 53.7. The molecule has 0 aromatic heterocycles. The highest BCUT2D eigenvalue weighted by Gasteiger charge is 1.88. The first-order chi connectivity index (χ1) is 3.27. The Balaban J connectivity index is 2.81. The highest BCUT2D eigenvalue weighted by molar-refractivity contribution is 5.45. The summed E-state index contributed by atoms with van der Waals surface area (Å²) in [5, 5.41) is 10.8. The monoisotopic (exact) mass is 103 g/mol. The molecule has 0 bridgehead atoms. The summed E-state index contributed by atoms with van der Waals surface area (Å²) in [7, 11) is 0. The lowest BCUT2D eigenvalue weighted by Crippen LogP contribution is -2.22. The fourth-order valence-electron chi connectivity index (χ4n) is 0.219. The largest absolute Gasteiger partial charge is 0.392 e. The van der Waals surface area contributed by atoms with Gasteiger partial charge in [-0.2, -0.15) is 0 Å². The minimum Gasteiger partial charge on any atom is -0.392 e. The van der Waals surface area contributed by atoms with Crippen LogP contribution in [0.3, 0.4) is 0 Å². The molecular formula is C4H9NO2. The lowest BCUT2D eigenvalue weighted by Gasteiger charge is -1.98. The number of aliphatic hydroxyl groups is 1. The van der Waals surface area contributed by atoms with Crippen molar-refractivity contribution in [3.8, 4) is 0 Å². The van der Waals surface area contributed by atoms with Crippen LogP contribution in [0.25, 0.3) is 0 Å². The van der Waals surface area contributed by atoms with Gasteiger partial charge in [0.2, 0.25) is 6.41 Å². The summed E-state index contributed by atoms with van der Waals surface area (Å²) in [5.41, 5.74) is 0. The lowest BCUT2D eigenvalue weighted by atomic mass is 10.4. The average molecular weight is 103 g/mol. The number of aliphatic hydroxyl groups excluding tert-OH is 1. The van der Waals surface area contributed by atoms with Crippen LogP contribution in [0.1, 0.15) is 6.92 Å². The van der Waals surface area contributed by atoms with Crippen molar-refractivity contribution in [2.45, 2.75) is 13.0 Å². The zero-order chi connectivity index (χ0) is 5.70. The van der Waals surface area contributed by atoms with Crippen molar-refractivity contribution in [1.29, 1.82) is 0 Å². The standard InChI is InChI=1S/C4H9NO2/c1-4(7)2-5-3-6/h3-4,7H,2H2,1H3,(H,5,6)/t4-/m0/s1. The van der Waals surface area contributed by atoms with Gasteiger partial charge in [-0.1, -0.05) is 0 Å². The number of nitrogens with one attached hydrogen (secondary N) is 1. The van der Waals surface area contributed by atoms with Crippen LogP contribution in [0, 0.1) is 0 Å². The Hall–Kier alpha value is -0.570. The maximum Gasteiger partial charge on any atom is 0.207 e. The summed E-state index contributed by atoms with van der Waals surface area (Å²) < 4.78 is 0. The van der Waals surface area contributed by atoms with Crippen molar-refractivity contribution in [1.82, 2.24) is 5.32 Å². The van der Waals surface area contributed by atoms with Gasteiger partial charge in [0.25, 0.3) is 0 Å². The van der Waals surface area contributed by atoms with E-state index in [1.807, 2.05) is 0 Å². The second-order valence-corrected chi connectivity index (χ2v) is 1.38. The number of hydrogen-bond donors (Lipinski definition) is 2. The van der Waals surface area contributed by atoms with Gasteiger partial charge in [0.1, 0.15) is 0 Å². The van der Waals surface area contributed by atoms with Gasteiger partial charge in [0.05, 0.1) is 6.10 Å². The molecule has 0 saturated heterocycles. The molecule has 0 aliphatic rings. The van der Waals surface area contributed by atoms with Gasteiger partial charge in [-0.05, 0) is 6.92 Å². The van der Waals surface area contributed by atoms with Crippen LogP contribution in [0.4, 0.5) is 0 Å². The Morgan fingerprint density at radius 3 is 2.71 bits per heavy atom. The summed E-state index contributed by atoms with van der Waals surface area (Å²) in [4.78, 5) is 9.49. The second kappa shape index (κ2) is 3.61. The number of rotatable bonds is 3. The summed E-state index contributed by atoms with van der Waals surface area (Å²) in [6.07, 6.45) is 0.123. The molecule has 0 aromatic rings. The molecule has 0 aliphatic carbocycles. The number of hydrogen-bond acceptors (Lipinski definition) is 2. The third-order valence-corrected chi connectivity index (χ3v) is 0.497. The number of carbonyl (C=O) groups is 1. The first kappa shape index (κ1) is 6.43. The van der Waals surface area contributed by atoms with Gasteiger partial charge < -0.3 is 10.4 Å². The molecule has 3 heteroatoms. The molecule has 0 aliphatic heterocycles. The normalized spacial score (nSPS) is 12.9. The van der Waals surface area contributed by atoms with Gasteiger partial charge >= 0.3 is 0 Å². The van der Waals surface area contributed by atoms with Crippen LogP contribution in [0.15, 0.2) is 0 Å². The van der Waals surface area contributed by atoms with Gasteiger partial charge in [-0.25, -0.2) is 0 Å². The molecule has 0 radical (unpaired) electrons. The van der Waals surface area contributed by atoms with Crippen molar-refractivity contribution in [3.63, 3.8) is 0 Å². The van der Waals surface area contributed by atoms with E-state index in [-0.39, 0.29) is 0 Å². The lowest BCUT2D eigenvalue weighted by molar-refractivity contribution is -0.109. The molecule has 0 spiro atoms. The maximum absolute atomic E-state index is 9.49. The number of carbonyl (C=O) groups excluding carboxylic acids is 1. The molecule has 0 unspecified atom stereocenters. The van der Waals surface area contributed by atoms with Crippen molar-refractivity contribution < 1.29 is 9.90 Å². The molecule has 0 aromatic carbocycles. The molecule has 0 fully saturated rings. The van der Waals surface area contributed by atoms with Crippen LogP contribution >= 0.6 is 0 Å². The first-order valence-electron chi connectivity index (χ1n) is 2.12. The molecule has 2 N–H and O–H groups in total. The molecule has 0 rings (SSSR count). The van der Waals surface area contributed by atoms with Crippen molar-refractivity contribution in [2.75, 3.05) is 6.54 Å². The molecule has 0 heterocycles. The summed E-state index contributed by atoms with van der Waals surface area (Å²) in [5.74, 6) is 0. The van der Waals surface area contributed by atoms with Gasteiger partial charge in [0, 0.05) is 6.54 Å². The van der Waals surface area contributed by atoms with E-state index in [0.717, 1.165) is 0 Å². The SMILES string of the molecule is C[C@H](O)CNC=O. The predicted molar refractivity (Wildman–Crippen MR) is 25.7 cm³/mol. The summed E-state index contributed by atoms with van der Waals surface area (Å²) in [6, 6.07) is 0. The molecule has 0 saturated carbocycles. The van der Waals surface area contributed by atoms with Crippen molar-refractivity contribution >= 4 is 6.41 Å². The van der Waals surface area contributed by atoms with E-state index < -0.39 is 6.10 Å². The number of amides is 1. The zero-order valence-corrected chi connectivity index (χ0v) is 4.22. The van der Waals surface area contributed by atoms with Gasteiger partial charge in [-0.3, -0.25) is 4.79 Å². The van der Waals surface area contributed by atoms with Crippen LogP contribution in [-0.2, 0) is 4.79 Å². The van der Waals surface area contributed by atoms with Crippen LogP contribution in [-0.4, -0.2) is 24.2 Å². The first-order valence-corrected chi connectivity index (χ1v) is 2.12. The van der Waals surface area contributed by atoms with Crippen molar-refractivity contribution in [2.24, 2.45) is 0 Å². The Morgan fingerprint density at radius 2 is 2.57 bits per heavy atom. The fraction of sp³-hybridized carbons (Fsp3) is 0.750. The Morgan fingerprint density at radius 1 is 2.00 bits per heavy atom. The molecule has 1 amide bonds. The van der Waals surface area contributed by atoms with Gasteiger partial charge in [0.15, 0.2) is 0 Å². The average Bonchev–Trinajstić information content (AvgIpc) is 1.61. The van der Waals surface area contributed by atoms with Crippen LogP contribution < -0.4 is 5.32 Å². The molecular weight excluding hydrogens is 94.0 g/mol. The molecule has 3 nitrogen and oxygen atoms in total. The maximum atomic E-state index is 9.49. The van der Waals surface area contributed by atoms with E-state index in [4.69, 9.17) is 5.11 Å². The molecule has 42 valence electrons. The van der Waals surface area contributed by atoms with Crippen LogP contribution in [0.5, 0.6) is 0 Å². The highest BCUT2D eigenvalue weighted by atomic mass is 16.3. The van der Waals surface area contributed by atoms with E-state index >= 15 is 0 Å². The van der Waals surface area contributed by atoms with E-state index in [1.54, 1.807) is 6.92 Å². The van der Waals surface area contributed by atoms with E-state index in [0.29, 0.717) is 13.0 Å². The fourth-order valence-corrected chi connectivity index (χ4v) is 0.219. The van der Waals surface area contributed by atoms with Crippen LogP contribution in [0.2, 0.25) is 0 Å². The third-order valence-electron chi connectivity index (χ3n) is 0.497. The minimum absolute atomic E-state index is 0.337. The topological polar surface area (TPSA) is 49.3 Å². The smallest absolute Gasteiger partial charge is 0.207 e. The van der Waals surface area contributed by atoms with E-state index in [2.05, 4.69) is 5.32 Å². The van der Waals surface area contributed by atoms with E-state index in [1.165, 1.54) is 0 Å². The van der Waals surface area contributed by atoms with Gasteiger partial charge in [-0.15, -0.1) is 0 Å². The zero-order valence-electron chi connectivity index (χ0n) is 4.22. The minimum atomic E-state index is -0.440. The molecule has 7 heavy (non-hydrogen) atoms.